The standard InChI is InChI=1S/C13H17ClO4S/c1-10(2)12(18-13(15)8-14)9-19(16,17)11-6-4-3-5-7-11/h3-7,10,12H,8-9H2,1-2H3/t12-/m0/s1. The zero-order chi connectivity index (χ0) is 14.5. The molecule has 6 heteroatoms. The van der Waals surface area contributed by atoms with Crippen LogP contribution in [0.4, 0.5) is 0 Å². The molecule has 0 fully saturated rings. The molecule has 0 amide bonds. The normalized spacial score (nSPS) is 13.3. The summed E-state index contributed by atoms with van der Waals surface area (Å²) in [7, 11) is -3.48. The number of esters is 1. The third-order valence-electron chi connectivity index (χ3n) is 2.62. The molecule has 0 heterocycles. The average Bonchev–Trinajstić information content (AvgIpc) is 2.38. The van der Waals surface area contributed by atoms with Gasteiger partial charge in [-0.1, -0.05) is 32.0 Å². The van der Waals surface area contributed by atoms with Crippen LogP contribution in [0.2, 0.25) is 0 Å². The van der Waals surface area contributed by atoms with E-state index in [1.807, 2.05) is 0 Å². The highest BCUT2D eigenvalue weighted by molar-refractivity contribution is 7.91. The van der Waals surface area contributed by atoms with Crippen LogP contribution in [0.25, 0.3) is 0 Å². The van der Waals surface area contributed by atoms with Gasteiger partial charge in [0.05, 0.1) is 10.6 Å². The second kappa shape index (κ2) is 6.91. The van der Waals surface area contributed by atoms with Gasteiger partial charge in [0.1, 0.15) is 12.0 Å². The van der Waals surface area contributed by atoms with Gasteiger partial charge in [-0.2, -0.15) is 0 Å². The molecule has 0 unspecified atom stereocenters. The van der Waals surface area contributed by atoms with Crippen molar-refractivity contribution in [3.8, 4) is 0 Å². The van der Waals surface area contributed by atoms with Crippen LogP contribution >= 0.6 is 11.6 Å². The fourth-order valence-electron chi connectivity index (χ4n) is 1.50. The van der Waals surface area contributed by atoms with Crippen molar-refractivity contribution in [1.82, 2.24) is 0 Å². The van der Waals surface area contributed by atoms with Crippen LogP contribution in [0, 0.1) is 5.92 Å². The molecule has 1 aromatic carbocycles. The molecule has 0 aromatic heterocycles. The highest BCUT2D eigenvalue weighted by Crippen LogP contribution is 2.17. The molecule has 0 aliphatic heterocycles. The maximum Gasteiger partial charge on any atom is 0.321 e. The summed E-state index contributed by atoms with van der Waals surface area (Å²) >= 11 is 5.37. The average molecular weight is 305 g/mol. The smallest absolute Gasteiger partial charge is 0.321 e. The number of alkyl halides is 1. The van der Waals surface area contributed by atoms with E-state index in [9.17, 15) is 13.2 Å². The first-order chi connectivity index (χ1) is 8.86. The van der Waals surface area contributed by atoms with Crippen molar-refractivity contribution in [2.24, 2.45) is 5.92 Å². The Bertz CT molecular complexity index is 511. The van der Waals surface area contributed by atoms with Gasteiger partial charge in [0.2, 0.25) is 0 Å². The largest absolute Gasteiger partial charge is 0.460 e. The monoisotopic (exact) mass is 304 g/mol. The molecular formula is C13H17ClO4S. The first-order valence-corrected chi connectivity index (χ1v) is 8.08. The summed E-state index contributed by atoms with van der Waals surface area (Å²) in [6.07, 6.45) is -0.698. The number of sulfone groups is 1. The fourth-order valence-corrected chi connectivity index (χ4v) is 3.22. The Kier molecular flexibility index (Phi) is 5.82. The van der Waals surface area contributed by atoms with E-state index in [1.165, 1.54) is 12.1 Å². The topological polar surface area (TPSA) is 60.4 Å². The zero-order valence-corrected chi connectivity index (χ0v) is 12.4. The van der Waals surface area contributed by atoms with Gasteiger partial charge in [0.15, 0.2) is 9.84 Å². The minimum atomic E-state index is -3.48. The van der Waals surface area contributed by atoms with Crippen LogP contribution in [0.5, 0.6) is 0 Å². The molecule has 0 aliphatic carbocycles. The molecule has 1 aromatic rings. The van der Waals surface area contributed by atoms with Crippen LogP contribution in [-0.4, -0.2) is 32.1 Å². The molecule has 1 atom stereocenters. The van der Waals surface area contributed by atoms with Crippen molar-refractivity contribution in [3.63, 3.8) is 0 Å². The highest BCUT2D eigenvalue weighted by atomic mass is 35.5. The maximum atomic E-state index is 12.2. The number of benzene rings is 1. The van der Waals surface area contributed by atoms with E-state index >= 15 is 0 Å². The molecule has 0 N–H and O–H groups in total. The Morgan fingerprint density at radius 2 is 1.84 bits per heavy atom. The number of halogens is 1. The van der Waals surface area contributed by atoms with Crippen molar-refractivity contribution in [3.05, 3.63) is 30.3 Å². The second-order valence-electron chi connectivity index (χ2n) is 4.50. The lowest BCUT2D eigenvalue weighted by atomic mass is 10.1. The molecule has 0 saturated heterocycles. The quantitative estimate of drug-likeness (QED) is 0.597. The Morgan fingerprint density at radius 3 is 2.32 bits per heavy atom. The maximum absolute atomic E-state index is 12.2. The van der Waals surface area contributed by atoms with Crippen molar-refractivity contribution in [1.29, 1.82) is 0 Å². The van der Waals surface area contributed by atoms with E-state index < -0.39 is 21.9 Å². The third-order valence-corrected chi connectivity index (χ3v) is 4.60. The van der Waals surface area contributed by atoms with E-state index in [0.29, 0.717) is 0 Å². The SMILES string of the molecule is CC(C)[C@H](CS(=O)(=O)c1ccccc1)OC(=O)CCl. The van der Waals surface area contributed by atoms with E-state index in [4.69, 9.17) is 16.3 Å². The van der Waals surface area contributed by atoms with Crippen LogP contribution < -0.4 is 0 Å². The Balaban J connectivity index is 2.87. The van der Waals surface area contributed by atoms with Crippen molar-refractivity contribution < 1.29 is 17.9 Å². The number of hydrogen-bond acceptors (Lipinski definition) is 4. The van der Waals surface area contributed by atoms with Crippen LogP contribution in [-0.2, 0) is 19.4 Å². The number of rotatable bonds is 6. The Hall–Kier alpha value is -1.07. The number of hydrogen-bond donors (Lipinski definition) is 0. The molecular weight excluding hydrogens is 288 g/mol. The highest BCUT2D eigenvalue weighted by Gasteiger charge is 2.26. The Labute approximate surface area is 118 Å². The third kappa shape index (κ3) is 4.84. The molecule has 0 saturated carbocycles. The minimum Gasteiger partial charge on any atom is -0.460 e. The van der Waals surface area contributed by atoms with E-state index in [0.717, 1.165) is 0 Å². The van der Waals surface area contributed by atoms with Crippen molar-refractivity contribution >= 4 is 27.4 Å². The second-order valence-corrected chi connectivity index (χ2v) is 6.80. The molecule has 106 valence electrons. The molecule has 0 spiro atoms. The number of carbonyl (C=O) groups excluding carboxylic acids is 1. The number of carbonyl (C=O) groups is 1. The molecule has 0 aliphatic rings. The van der Waals surface area contributed by atoms with Gasteiger partial charge < -0.3 is 4.74 Å². The van der Waals surface area contributed by atoms with Gasteiger partial charge in [-0.3, -0.25) is 4.79 Å². The lowest BCUT2D eigenvalue weighted by Gasteiger charge is -2.20. The summed E-state index contributed by atoms with van der Waals surface area (Å²) in [5.41, 5.74) is 0. The van der Waals surface area contributed by atoms with Crippen molar-refractivity contribution in [2.75, 3.05) is 11.6 Å². The summed E-state index contributed by atoms with van der Waals surface area (Å²) in [5.74, 6) is -1.24. The van der Waals surface area contributed by atoms with E-state index in [-0.39, 0.29) is 22.4 Å². The predicted molar refractivity (Wildman–Crippen MR) is 73.9 cm³/mol. The summed E-state index contributed by atoms with van der Waals surface area (Å²) in [6.45, 7) is 3.60. The van der Waals surface area contributed by atoms with Gasteiger partial charge in [0.25, 0.3) is 0 Å². The summed E-state index contributed by atoms with van der Waals surface area (Å²) in [6, 6.07) is 8.10. The first kappa shape index (κ1) is 16.0. The van der Waals surface area contributed by atoms with Gasteiger partial charge in [0, 0.05) is 0 Å². The molecule has 4 nitrogen and oxygen atoms in total. The minimum absolute atomic E-state index is 0.106. The van der Waals surface area contributed by atoms with Crippen LogP contribution in [0.3, 0.4) is 0 Å². The summed E-state index contributed by atoms with van der Waals surface area (Å²) in [4.78, 5) is 11.4. The molecule has 19 heavy (non-hydrogen) atoms. The number of ether oxygens (including phenoxy) is 1. The first-order valence-electron chi connectivity index (χ1n) is 5.90. The molecule has 0 radical (unpaired) electrons. The lowest BCUT2D eigenvalue weighted by Crippen LogP contribution is -2.31. The molecule has 1 rings (SSSR count). The predicted octanol–water partition coefficient (Wildman–Crippen LogP) is 2.27. The van der Waals surface area contributed by atoms with Gasteiger partial charge >= 0.3 is 5.97 Å². The van der Waals surface area contributed by atoms with Gasteiger partial charge in [-0.15, -0.1) is 11.6 Å². The molecule has 0 bridgehead atoms. The van der Waals surface area contributed by atoms with Crippen molar-refractivity contribution in [2.45, 2.75) is 24.8 Å². The van der Waals surface area contributed by atoms with Crippen LogP contribution in [0.1, 0.15) is 13.8 Å². The zero-order valence-electron chi connectivity index (χ0n) is 10.9. The fraction of sp³-hybridized carbons (Fsp3) is 0.462. The Morgan fingerprint density at radius 1 is 1.26 bits per heavy atom. The summed E-state index contributed by atoms with van der Waals surface area (Å²) in [5, 5.41) is 0. The van der Waals surface area contributed by atoms with Crippen LogP contribution in [0.15, 0.2) is 35.2 Å². The summed E-state index contributed by atoms with van der Waals surface area (Å²) < 4.78 is 29.5. The lowest BCUT2D eigenvalue weighted by molar-refractivity contribution is -0.146. The van der Waals surface area contributed by atoms with E-state index in [2.05, 4.69) is 0 Å². The van der Waals surface area contributed by atoms with E-state index in [1.54, 1.807) is 32.0 Å². The van der Waals surface area contributed by atoms with Gasteiger partial charge in [-0.05, 0) is 18.1 Å². The van der Waals surface area contributed by atoms with Gasteiger partial charge in [-0.25, -0.2) is 8.42 Å².